The minimum atomic E-state index is -4.74. The molecule has 1 heterocycles. The van der Waals surface area contributed by atoms with E-state index in [0.29, 0.717) is 28.8 Å². The number of aryl methyl sites for hydroxylation is 1. The van der Waals surface area contributed by atoms with E-state index in [1.54, 1.807) is 24.3 Å². The number of rotatable bonds is 9. The van der Waals surface area contributed by atoms with Gasteiger partial charge in [-0.2, -0.15) is 0 Å². The lowest BCUT2D eigenvalue weighted by atomic mass is 10.1. The van der Waals surface area contributed by atoms with Crippen molar-refractivity contribution in [2.45, 2.75) is 25.6 Å². The molecule has 0 unspecified atom stereocenters. The van der Waals surface area contributed by atoms with Crippen molar-refractivity contribution in [2.75, 3.05) is 11.9 Å². The van der Waals surface area contributed by atoms with Crippen molar-refractivity contribution in [3.8, 4) is 22.8 Å². The van der Waals surface area contributed by atoms with Gasteiger partial charge in [0.2, 0.25) is 0 Å². The van der Waals surface area contributed by atoms with E-state index in [1.165, 1.54) is 35.3 Å². The molecule has 0 saturated carbocycles. The van der Waals surface area contributed by atoms with E-state index in [-0.39, 0.29) is 11.8 Å². The standard InChI is InChI=1S/C26H23ClF3N5O2/c27-20-5-3-6-21(16-20)33-25(36)31-15-2-1-4-18-7-9-19(10-8-18)24-32-17-35(34-24)22-11-13-23(14-12-22)37-26(28,29)30/h3,5-14,16-17H,1-2,4,15H2,(H2,31,33,36). The Hall–Kier alpha value is -4.05. The first-order chi connectivity index (χ1) is 17.7. The van der Waals surface area contributed by atoms with Crippen molar-refractivity contribution in [3.05, 3.63) is 89.7 Å². The Balaban J connectivity index is 1.22. The molecule has 0 aliphatic heterocycles. The zero-order valence-corrected chi connectivity index (χ0v) is 20.3. The maximum atomic E-state index is 12.3. The zero-order valence-electron chi connectivity index (χ0n) is 19.5. The molecule has 0 aliphatic rings. The molecular formula is C26H23ClF3N5O2. The summed E-state index contributed by atoms with van der Waals surface area (Å²) in [4.78, 5) is 16.3. The third kappa shape index (κ3) is 7.97. The summed E-state index contributed by atoms with van der Waals surface area (Å²) in [5, 5.41) is 10.5. The van der Waals surface area contributed by atoms with Crippen LogP contribution in [0.1, 0.15) is 18.4 Å². The number of ether oxygens (including phenoxy) is 1. The quantitative estimate of drug-likeness (QED) is 0.238. The Morgan fingerprint density at radius 3 is 2.46 bits per heavy atom. The summed E-state index contributed by atoms with van der Waals surface area (Å²) < 4.78 is 42.3. The van der Waals surface area contributed by atoms with Crippen LogP contribution >= 0.6 is 11.6 Å². The Labute approximate surface area is 216 Å². The van der Waals surface area contributed by atoms with Gasteiger partial charge in [-0.25, -0.2) is 14.5 Å². The Morgan fingerprint density at radius 1 is 1.00 bits per heavy atom. The fraction of sp³-hybridized carbons (Fsp3) is 0.192. The second-order valence-corrected chi connectivity index (χ2v) is 8.54. The first-order valence-electron chi connectivity index (χ1n) is 11.4. The van der Waals surface area contributed by atoms with Gasteiger partial charge in [0.1, 0.15) is 12.1 Å². The van der Waals surface area contributed by atoms with Gasteiger partial charge < -0.3 is 15.4 Å². The highest BCUT2D eigenvalue weighted by molar-refractivity contribution is 6.30. The summed E-state index contributed by atoms with van der Waals surface area (Å²) in [7, 11) is 0. The van der Waals surface area contributed by atoms with Gasteiger partial charge in [0.15, 0.2) is 5.82 Å². The number of alkyl halides is 3. The van der Waals surface area contributed by atoms with Crippen molar-refractivity contribution in [1.29, 1.82) is 0 Å². The minimum absolute atomic E-state index is 0.274. The van der Waals surface area contributed by atoms with Crippen LogP contribution in [-0.2, 0) is 6.42 Å². The number of hydrogen-bond acceptors (Lipinski definition) is 4. The number of unbranched alkanes of at least 4 members (excludes halogenated alkanes) is 1. The van der Waals surface area contributed by atoms with E-state index in [9.17, 15) is 18.0 Å². The molecule has 37 heavy (non-hydrogen) atoms. The lowest BCUT2D eigenvalue weighted by Gasteiger charge is -2.09. The summed E-state index contributed by atoms with van der Waals surface area (Å²) in [5.41, 5.74) is 3.16. The molecule has 2 amide bonds. The summed E-state index contributed by atoms with van der Waals surface area (Å²) in [6, 6.07) is 19.9. The Morgan fingerprint density at radius 2 is 1.76 bits per heavy atom. The Bertz CT molecular complexity index is 1330. The highest BCUT2D eigenvalue weighted by Crippen LogP contribution is 2.24. The monoisotopic (exact) mass is 529 g/mol. The van der Waals surface area contributed by atoms with E-state index in [2.05, 4.69) is 25.5 Å². The van der Waals surface area contributed by atoms with Crippen LogP contribution in [-0.4, -0.2) is 33.7 Å². The fourth-order valence-electron chi connectivity index (χ4n) is 3.54. The minimum Gasteiger partial charge on any atom is -0.406 e. The fourth-order valence-corrected chi connectivity index (χ4v) is 3.73. The molecule has 0 bridgehead atoms. The largest absolute Gasteiger partial charge is 0.573 e. The number of carbonyl (C=O) groups is 1. The molecular weight excluding hydrogens is 507 g/mol. The number of halogens is 4. The van der Waals surface area contributed by atoms with Crippen molar-refractivity contribution in [2.24, 2.45) is 0 Å². The van der Waals surface area contributed by atoms with Gasteiger partial charge in [-0.3, -0.25) is 0 Å². The number of benzene rings is 3. The predicted octanol–water partition coefficient (Wildman–Crippen LogP) is 6.63. The third-order valence-corrected chi connectivity index (χ3v) is 5.53. The number of urea groups is 1. The number of amides is 2. The van der Waals surface area contributed by atoms with Crippen molar-refractivity contribution >= 4 is 23.3 Å². The van der Waals surface area contributed by atoms with Gasteiger partial charge in [-0.05, 0) is 67.3 Å². The van der Waals surface area contributed by atoms with Crippen LogP contribution in [0.15, 0.2) is 79.1 Å². The summed E-state index contributed by atoms with van der Waals surface area (Å²) >= 11 is 5.91. The highest BCUT2D eigenvalue weighted by Gasteiger charge is 2.31. The second-order valence-electron chi connectivity index (χ2n) is 8.10. The third-order valence-electron chi connectivity index (χ3n) is 5.30. The van der Waals surface area contributed by atoms with Crippen LogP contribution < -0.4 is 15.4 Å². The lowest BCUT2D eigenvalue weighted by Crippen LogP contribution is -2.29. The van der Waals surface area contributed by atoms with Gasteiger partial charge in [0.25, 0.3) is 0 Å². The number of carbonyl (C=O) groups excluding carboxylic acids is 1. The van der Waals surface area contributed by atoms with E-state index in [4.69, 9.17) is 11.6 Å². The number of nitrogens with one attached hydrogen (secondary N) is 2. The van der Waals surface area contributed by atoms with Crippen LogP contribution in [0.3, 0.4) is 0 Å². The van der Waals surface area contributed by atoms with Crippen LogP contribution in [0.5, 0.6) is 5.75 Å². The number of aromatic nitrogens is 3. The average molecular weight is 530 g/mol. The summed E-state index contributed by atoms with van der Waals surface area (Å²) in [6.07, 6.45) is -0.661. The van der Waals surface area contributed by atoms with Crippen LogP contribution in [0.25, 0.3) is 17.1 Å². The molecule has 0 aliphatic carbocycles. The van der Waals surface area contributed by atoms with Crippen molar-refractivity contribution in [1.82, 2.24) is 20.1 Å². The normalized spacial score (nSPS) is 11.2. The molecule has 0 radical (unpaired) electrons. The van der Waals surface area contributed by atoms with E-state index < -0.39 is 6.36 Å². The Kier molecular flexibility index (Phi) is 8.29. The van der Waals surface area contributed by atoms with Crippen LogP contribution in [0, 0.1) is 0 Å². The molecule has 0 saturated heterocycles. The lowest BCUT2D eigenvalue weighted by molar-refractivity contribution is -0.274. The molecule has 0 atom stereocenters. The van der Waals surface area contributed by atoms with Crippen LogP contribution in [0.2, 0.25) is 5.02 Å². The molecule has 1 aromatic heterocycles. The van der Waals surface area contributed by atoms with E-state index in [1.807, 2.05) is 24.3 Å². The zero-order chi connectivity index (χ0) is 26.3. The molecule has 11 heteroatoms. The predicted molar refractivity (Wildman–Crippen MR) is 135 cm³/mol. The van der Waals surface area contributed by atoms with Gasteiger partial charge in [0.05, 0.1) is 5.69 Å². The maximum absolute atomic E-state index is 12.3. The number of anilines is 1. The molecule has 0 fully saturated rings. The molecule has 4 aromatic rings. The maximum Gasteiger partial charge on any atom is 0.573 e. The molecule has 0 spiro atoms. The first kappa shape index (κ1) is 26.0. The van der Waals surface area contributed by atoms with Gasteiger partial charge in [0, 0.05) is 22.8 Å². The molecule has 7 nitrogen and oxygen atoms in total. The van der Waals surface area contributed by atoms with Crippen molar-refractivity contribution in [3.63, 3.8) is 0 Å². The molecule has 4 rings (SSSR count). The topological polar surface area (TPSA) is 81.1 Å². The van der Waals surface area contributed by atoms with Gasteiger partial charge in [-0.1, -0.05) is 41.9 Å². The van der Waals surface area contributed by atoms with E-state index in [0.717, 1.165) is 30.4 Å². The van der Waals surface area contributed by atoms with Crippen LogP contribution in [0.4, 0.5) is 23.7 Å². The smallest absolute Gasteiger partial charge is 0.406 e. The average Bonchev–Trinajstić information content (AvgIpc) is 3.34. The SMILES string of the molecule is O=C(NCCCCc1ccc(-c2ncn(-c3ccc(OC(F)(F)F)cc3)n2)cc1)Nc1cccc(Cl)c1. The highest BCUT2D eigenvalue weighted by atomic mass is 35.5. The van der Waals surface area contributed by atoms with E-state index >= 15 is 0 Å². The second kappa shape index (κ2) is 11.8. The first-order valence-corrected chi connectivity index (χ1v) is 11.8. The number of nitrogens with zero attached hydrogens (tertiary/aromatic N) is 3. The molecule has 192 valence electrons. The van der Waals surface area contributed by atoms with Crippen molar-refractivity contribution < 1.29 is 22.7 Å². The summed E-state index contributed by atoms with van der Waals surface area (Å²) in [6.45, 7) is 0.551. The van der Waals surface area contributed by atoms with Gasteiger partial charge in [-0.15, -0.1) is 18.3 Å². The van der Waals surface area contributed by atoms with Gasteiger partial charge >= 0.3 is 12.4 Å². The molecule has 3 aromatic carbocycles. The number of hydrogen-bond donors (Lipinski definition) is 2. The summed E-state index contributed by atoms with van der Waals surface area (Å²) in [5.74, 6) is 0.195. The molecule has 2 N–H and O–H groups in total.